The molecule has 0 aromatic carbocycles. The zero-order chi connectivity index (χ0) is 7.28. The quantitative estimate of drug-likeness (QED) is 0.352. The van der Waals surface area contributed by atoms with Crippen molar-refractivity contribution in [1.82, 2.24) is 4.90 Å². The van der Waals surface area contributed by atoms with Crippen LogP contribution in [0.1, 0.15) is 6.92 Å². The predicted molar refractivity (Wildman–Crippen MR) is 43.4 cm³/mol. The lowest BCUT2D eigenvalue weighted by Crippen LogP contribution is -2.33. The van der Waals surface area contributed by atoms with Crippen molar-refractivity contribution in [3.05, 3.63) is 0 Å². The second-order valence-corrected chi connectivity index (χ2v) is 2.19. The summed E-state index contributed by atoms with van der Waals surface area (Å²) in [7, 11) is 1.91. The first-order chi connectivity index (χ1) is 4.22. The van der Waals surface area contributed by atoms with Gasteiger partial charge in [0.1, 0.15) is 0 Å². The molecule has 0 atom stereocenters. The van der Waals surface area contributed by atoms with Crippen LogP contribution in [0.5, 0.6) is 0 Å². The minimum Gasteiger partial charge on any atom is -0.369 e. The molecule has 2 N–H and O–H groups in total. The summed E-state index contributed by atoms with van der Waals surface area (Å²) >= 11 is 1.37. The van der Waals surface area contributed by atoms with Crippen LogP contribution in [-0.4, -0.2) is 30.7 Å². The van der Waals surface area contributed by atoms with Crippen LogP contribution in [0.3, 0.4) is 0 Å². The fraction of sp³-hybridized carbons (Fsp3) is 0.800. The summed E-state index contributed by atoms with van der Waals surface area (Å²) < 4.78 is 3.93. The van der Waals surface area contributed by atoms with Crippen molar-refractivity contribution in [1.29, 1.82) is 0 Å². The standard InChI is InChI=1S/C5H13N3S/c1-4-8(2)5(6)7-9-3/h4H2,1-3H3,(H2,6,7). The van der Waals surface area contributed by atoms with Gasteiger partial charge < -0.3 is 10.6 Å². The van der Waals surface area contributed by atoms with E-state index in [0.717, 1.165) is 6.54 Å². The Balaban J connectivity index is 3.70. The molecule has 0 heterocycles. The van der Waals surface area contributed by atoms with E-state index in [-0.39, 0.29) is 0 Å². The Morgan fingerprint density at radius 2 is 2.33 bits per heavy atom. The highest BCUT2D eigenvalue weighted by Crippen LogP contribution is 1.93. The fourth-order valence-corrected chi connectivity index (χ4v) is 0.652. The Morgan fingerprint density at radius 1 is 1.78 bits per heavy atom. The highest BCUT2D eigenvalue weighted by molar-refractivity contribution is 7.97. The maximum Gasteiger partial charge on any atom is 0.202 e. The first-order valence-corrected chi connectivity index (χ1v) is 3.98. The lowest BCUT2D eigenvalue weighted by molar-refractivity contribution is 0.531. The van der Waals surface area contributed by atoms with Gasteiger partial charge in [-0.3, -0.25) is 0 Å². The molecule has 0 bridgehead atoms. The van der Waals surface area contributed by atoms with Crippen molar-refractivity contribution in [3.63, 3.8) is 0 Å². The SMILES string of the molecule is CCN(C)/C(N)=N/SC. The lowest BCUT2D eigenvalue weighted by Gasteiger charge is -2.13. The minimum absolute atomic E-state index is 0.588. The first kappa shape index (κ1) is 8.62. The van der Waals surface area contributed by atoms with E-state index in [1.165, 1.54) is 11.9 Å². The number of rotatable bonds is 2. The Hall–Kier alpha value is -0.380. The molecule has 4 heteroatoms. The van der Waals surface area contributed by atoms with E-state index in [9.17, 15) is 0 Å². The van der Waals surface area contributed by atoms with E-state index in [1.807, 2.05) is 25.1 Å². The summed E-state index contributed by atoms with van der Waals surface area (Å²) in [5.74, 6) is 0.588. The van der Waals surface area contributed by atoms with Gasteiger partial charge in [-0.25, -0.2) is 0 Å². The van der Waals surface area contributed by atoms with Crippen molar-refractivity contribution in [3.8, 4) is 0 Å². The molecule has 0 aromatic heterocycles. The topological polar surface area (TPSA) is 41.6 Å². The van der Waals surface area contributed by atoms with Crippen molar-refractivity contribution in [2.45, 2.75) is 6.92 Å². The minimum atomic E-state index is 0.588. The molecule has 0 saturated heterocycles. The number of guanidine groups is 1. The maximum absolute atomic E-state index is 5.49. The molecule has 0 aliphatic carbocycles. The first-order valence-electron chi connectivity index (χ1n) is 2.80. The molecule has 0 saturated carbocycles. The molecule has 0 spiro atoms. The summed E-state index contributed by atoms with van der Waals surface area (Å²) in [5, 5.41) is 0. The van der Waals surface area contributed by atoms with Gasteiger partial charge in [0.25, 0.3) is 0 Å². The van der Waals surface area contributed by atoms with Crippen molar-refractivity contribution in [2.75, 3.05) is 19.8 Å². The van der Waals surface area contributed by atoms with Gasteiger partial charge in [-0.15, -0.1) is 0 Å². The second kappa shape index (κ2) is 4.49. The smallest absolute Gasteiger partial charge is 0.202 e. The number of nitrogens with two attached hydrogens (primary N) is 1. The molecule has 0 radical (unpaired) electrons. The molecular weight excluding hydrogens is 134 g/mol. The van der Waals surface area contributed by atoms with Gasteiger partial charge >= 0.3 is 0 Å². The van der Waals surface area contributed by atoms with Crippen molar-refractivity contribution >= 4 is 17.9 Å². The van der Waals surface area contributed by atoms with Crippen molar-refractivity contribution in [2.24, 2.45) is 10.1 Å². The molecule has 0 aromatic rings. The summed E-state index contributed by atoms with van der Waals surface area (Å²) in [6.45, 7) is 2.93. The summed E-state index contributed by atoms with van der Waals surface area (Å²) in [5.41, 5.74) is 5.49. The van der Waals surface area contributed by atoms with Crippen LogP contribution in [0, 0.1) is 0 Å². The lowest BCUT2D eigenvalue weighted by atomic mass is 10.6. The van der Waals surface area contributed by atoms with Crippen LogP contribution < -0.4 is 5.73 Å². The molecule has 9 heavy (non-hydrogen) atoms. The summed E-state index contributed by atoms with van der Waals surface area (Å²) in [6, 6.07) is 0. The van der Waals surface area contributed by atoms with Gasteiger partial charge in [-0.1, -0.05) is 0 Å². The van der Waals surface area contributed by atoms with E-state index >= 15 is 0 Å². The molecule has 3 nitrogen and oxygen atoms in total. The van der Waals surface area contributed by atoms with Crippen LogP contribution >= 0.6 is 11.9 Å². The molecule has 0 rings (SSSR count). The van der Waals surface area contributed by atoms with E-state index in [1.54, 1.807) is 0 Å². The highest BCUT2D eigenvalue weighted by atomic mass is 32.2. The Morgan fingerprint density at radius 3 is 2.67 bits per heavy atom. The van der Waals surface area contributed by atoms with Gasteiger partial charge in [0.15, 0.2) is 0 Å². The van der Waals surface area contributed by atoms with Gasteiger partial charge in [-0.2, -0.15) is 4.40 Å². The predicted octanol–water partition coefficient (Wildman–Crippen LogP) is 0.531. The molecule has 0 fully saturated rings. The van der Waals surface area contributed by atoms with Gasteiger partial charge in [0.05, 0.1) is 0 Å². The normalized spacial score (nSPS) is 11.7. The van der Waals surface area contributed by atoms with E-state index in [0.29, 0.717) is 5.96 Å². The van der Waals surface area contributed by atoms with Gasteiger partial charge in [0.2, 0.25) is 5.96 Å². The summed E-state index contributed by atoms with van der Waals surface area (Å²) in [6.07, 6.45) is 1.89. The van der Waals surface area contributed by atoms with E-state index < -0.39 is 0 Å². The van der Waals surface area contributed by atoms with E-state index in [2.05, 4.69) is 4.40 Å². The zero-order valence-electron chi connectivity index (χ0n) is 6.09. The third kappa shape index (κ3) is 3.24. The summed E-state index contributed by atoms with van der Waals surface area (Å²) in [4.78, 5) is 1.89. The number of nitrogens with zero attached hydrogens (tertiary/aromatic N) is 2. The van der Waals surface area contributed by atoms with E-state index in [4.69, 9.17) is 5.73 Å². The Labute approximate surface area is 60.5 Å². The van der Waals surface area contributed by atoms with Gasteiger partial charge in [0, 0.05) is 19.8 Å². The van der Waals surface area contributed by atoms with Crippen LogP contribution in [0.15, 0.2) is 4.40 Å². The molecule has 0 aliphatic rings. The average molecular weight is 147 g/mol. The maximum atomic E-state index is 5.49. The van der Waals surface area contributed by atoms with Gasteiger partial charge in [-0.05, 0) is 18.9 Å². The van der Waals surface area contributed by atoms with Crippen LogP contribution in [0.4, 0.5) is 0 Å². The highest BCUT2D eigenvalue weighted by Gasteiger charge is 1.94. The second-order valence-electron chi connectivity index (χ2n) is 1.65. The molecule has 54 valence electrons. The van der Waals surface area contributed by atoms with Crippen LogP contribution in [0.25, 0.3) is 0 Å². The van der Waals surface area contributed by atoms with Crippen LogP contribution in [-0.2, 0) is 0 Å². The van der Waals surface area contributed by atoms with Crippen molar-refractivity contribution < 1.29 is 0 Å². The number of hydrogen-bond acceptors (Lipinski definition) is 2. The molecule has 0 aliphatic heterocycles. The third-order valence-corrected chi connectivity index (χ3v) is 1.42. The average Bonchev–Trinajstić information content (AvgIpc) is 1.87. The molecule has 0 unspecified atom stereocenters. The zero-order valence-corrected chi connectivity index (χ0v) is 6.90. The largest absolute Gasteiger partial charge is 0.369 e. The molecule has 0 amide bonds. The third-order valence-electron chi connectivity index (χ3n) is 1.05. The van der Waals surface area contributed by atoms with Crippen LogP contribution in [0.2, 0.25) is 0 Å². The number of hydrogen-bond donors (Lipinski definition) is 1. The monoisotopic (exact) mass is 147 g/mol. The Bertz CT molecular complexity index is 102. The fourth-order valence-electron chi connectivity index (χ4n) is 0.325. The Kier molecular flexibility index (Phi) is 4.30. The molecular formula is C5H13N3S.